The van der Waals surface area contributed by atoms with Crippen molar-refractivity contribution < 1.29 is 23.0 Å². The third-order valence-electron chi connectivity index (χ3n) is 3.09. The van der Waals surface area contributed by atoms with Gasteiger partial charge >= 0.3 is 0 Å². The minimum Gasteiger partial charge on any atom is -0.493 e. The molecule has 2 rings (SSSR count). The van der Waals surface area contributed by atoms with Crippen molar-refractivity contribution in [2.24, 2.45) is 0 Å². The molecule has 5 nitrogen and oxygen atoms in total. The number of nitrogens with one attached hydrogen (secondary N) is 1. The van der Waals surface area contributed by atoms with Gasteiger partial charge in [-0.05, 0) is 35.9 Å². The molecular formula is C18H14F2N2O3. The largest absolute Gasteiger partial charge is 0.493 e. The van der Waals surface area contributed by atoms with Gasteiger partial charge in [-0.3, -0.25) is 4.79 Å². The van der Waals surface area contributed by atoms with Crippen LogP contribution in [0.15, 0.2) is 42.5 Å². The maximum atomic E-state index is 13.1. The number of carbonyl (C=O) groups is 1. The molecule has 0 radical (unpaired) electrons. The van der Waals surface area contributed by atoms with Crippen LogP contribution < -0.4 is 14.8 Å². The summed E-state index contributed by atoms with van der Waals surface area (Å²) in [5, 5.41) is 11.0. The van der Waals surface area contributed by atoms with Crippen molar-refractivity contribution in [1.82, 2.24) is 0 Å². The van der Waals surface area contributed by atoms with Crippen molar-refractivity contribution >= 4 is 17.7 Å². The number of benzene rings is 2. The number of amides is 1. The Labute approximate surface area is 143 Å². The molecule has 0 aliphatic heterocycles. The quantitative estimate of drug-likeness (QED) is 0.814. The number of nitriles is 1. The van der Waals surface area contributed by atoms with E-state index < -0.39 is 17.5 Å². The highest BCUT2D eigenvalue weighted by Gasteiger charge is 2.06. The summed E-state index contributed by atoms with van der Waals surface area (Å²) in [5.74, 6) is -1.71. The predicted molar refractivity (Wildman–Crippen MR) is 88.1 cm³/mol. The van der Waals surface area contributed by atoms with Gasteiger partial charge in [-0.15, -0.1) is 0 Å². The van der Waals surface area contributed by atoms with Crippen molar-refractivity contribution in [2.45, 2.75) is 0 Å². The smallest absolute Gasteiger partial charge is 0.248 e. The van der Waals surface area contributed by atoms with Crippen LogP contribution in [-0.2, 0) is 4.79 Å². The molecule has 0 saturated carbocycles. The summed E-state index contributed by atoms with van der Waals surface area (Å²) in [4.78, 5) is 11.8. The molecule has 0 heterocycles. The van der Waals surface area contributed by atoms with Crippen molar-refractivity contribution in [3.05, 3.63) is 59.7 Å². The summed E-state index contributed by atoms with van der Waals surface area (Å²) in [6.07, 6.45) is 2.76. The average molecular weight is 344 g/mol. The van der Waals surface area contributed by atoms with E-state index in [1.165, 1.54) is 25.3 Å². The fraction of sp³-hybridized carbons (Fsp3) is 0.111. The molecule has 2 aromatic carbocycles. The van der Waals surface area contributed by atoms with Crippen LogP contribution in [0.5, 0.6) is 11.5 Å². The minimum atomic E-state index is -1.04. The van der Waals surface area contributed by atoms with E-state index in [1.807, 2.05) is 6.07 Å². The van der Waals surface area contributed by atoms with Crippen molar-refractivity contribution in [3.8, 4) is 17.6 Å². The first kappa shape index (κ1) is 17.9. The molecule has 1 amide bonds. The topological polar surface area (TPSA) is 71.3 Å². The molecule has 0 unspecified atom stereocenters. The molecule has 0 fully saturated rings. The number of hydrogen-bond acceptors (Lipinski definition) is 4. The molecule has 0 aromatic heterocycles. The Bertz CT molecular complexity index is 845. The zero-order chi connectivity index (χ0) is 18.2. The predicted octanol–water partition coefficient (Wildman–Crippen LogP) is 3.53. The number of rotatable bonds is 6. The lowest BCUT2D eigenvalue weighted by atomic mass is 10.2. The summed E-state index contributed by atoms with van der Waals surface area (Å²) in [5.41, 5.74) is 0.799. The zero-order valence-electron chi connectivity index (χ0n) is 13.3. The molecular weight excluding hydrogens is 330 g/mol. The Morgan fingerprint density at radius 1 is 1.20 bits per heavy atom. The number of anilines is 1. The monoisotopic (exact) mass is 344 g/mol. The molecule has 0 saturated heterocycles. The van der Waals surface area contributed by atoms with Gasteiger partial charge in [0.1, 0.15) is 6.07 Å². The second kappa shape index (κ2) is 8.45. The highest BCUT2D eigenvalue weighted by Crippen LogP contribution is 2.28. The standard InChI is InChI=1S/C18H14F2N2O3/c1-24-17-10-12(2-6-16(17)25-9-8-21)3-7-18(23)22-13-4-5-14(19)15(20)11-13/h2-7,10-11H,9H2,1H3,(H,22,23). The van der Waals surface area contributed by atoms with E-state index in [2.05, 4.69) is 5.32 Å². The van der Waals surface area contributed by atoms with E-state index in [1.54, 1.807) is 18.2 Å². The first-order chi connectivity index (χ1) is 12.0. The first-order valence-electron chi connectivity index (χ1n) is 7.15. The minimum absolute atomic E-state index is 0.109. The van der Waals surface area contributed by atoms with Crippen molar-refractivity contribution in [2.75, 3.05) is 19.0 Å². The van der Waals surface area contributed by atoms with E-state index >= 15 is 0 Å². The fourth-order valence-corrected chi connectivity index (χ4v) is 1.95. The van der Waals surface area contributed by atoms with Crippen LogP contribution in [0.25, 0.3) is 6.08 Å². The normalized spacial score (nSPS) is 10.3. The highest BCUT2D eigenvalue weighted by molar-refractivity contribution is 6.01. The average Bonchev–Trinajstić information content (AvgIpc) is 2.61. The molecule has 0 bridgehead atoms. The van der Waals surface area contributed by atoms with E-state index in [4.69, 9.17) is 14.7 Å². The fourth-order valence-electron chi connectivity index (χ4n) is 1.95. The second-order valence-corrected chi connectivity index (χ2v) is 4.81. The van der Waals surface area contributed by atoms with Gasteiger partial charge in [0.25, 0.3) is 0 Å². The zero-order valence-corrected chi connectivity index (χ0v) is 13.3. The molecule has 128 valence electrons. The van der Waals surface area contributed by atoms with E-state index in [9.17, 15) is 13.6 Å². The second-order valence-electron chi connectivity index (χ2n) is 4.81. The summed E-state index contributed by atoms with van der Waals surface area (Å²) in [6.45, 7) is -0.109. The molecule has 0 aliphatic carbocycles. The molecule has 2 aromatic rings. The van der Waals surface area contributed by atoms with Crippen LogP contribution in [0.4, 0.5) is 14.5 Å². The number of ether oxygens (including phenoxy) is 2. The highest BCUT2D eigenvalue weighted by atomic mass is 19.2. The maximum Gasteiger partial charge on any atom is 0.248 e. The lowest BCUT2D eigenvalue weighted by molar-refractivity contribution is -0.111. The summed E-state index contributed by atoms with van der Waals surface area (Å²) < 4.78 is 36.3. The Hall–Kier alpha value is -3.40. The van der Waals surface area contributed by atoms with Gasteiger partial charge in [0, 0.05) is 17.8 Å². The Kier molecular flexibility index (Phi) is 6.07. The third-order valence-corrected chi connectivity index (χ3v) is 3.09. The van der Waals surface area contributed by atoms with Gasteiger partial charge in [-0.1, -0.05) is 6.07 Å². The number of halogens is 2. The molecule has 7 heteroatoms. The van der Waals surface area contributed by atoms with Crippen molar-refractivity contribution in [3.63, 3.8) is 0 Å². The lowest BCUT2D eigenvalue weighted by Crippen LogP contribution is -2.08. The van der Waals surface area contributed by atoms with Crippen LogP contribution in [0.1, 0.15) is 5.56 Å². The first-order valence-corrected chi connectivity index (χ1v) is 7.15. The van der Waals surface area contributed by atoms with Crippen LogP contribution in [0.3, 0.4) is 0 Å². The Morgan fingerprint density at radius 2 is 2.00 bits per heavy atom. The summed E-state index contributed by atoms with van der Waals surface area (Å²) in [6, 6.07) is 9.87. The lowest BCUT2D eigenvalue weighted by Gasteiger charge is -2.08. The van der Waals surface area contributed by atoms with Gasteiger partial charge < -0.3 is 14.8 Å². The van der Waals surface area contributed by atoms with E-state index in [-0.39, 0.29) is 12.3 Å². The molecule has 25 heavy (non-hydrogen) atoms. The maximum absolute atomic E-state index is 13.1. The molecule has 0 aliphatic rings. The summed E-state index contributed by atoms with van der Waals surface area (Å²) >= 11 is 0. The molecule has 1 N–H and O–H groups in total. The number of hydrogen-bond donors (Lipinski definition) is 1. The van der Waals surface area contributed by atoms with Crippen LogP contribution >= 0.6 is 0 Å². The van der Waals surface area contributed by atoms with Crippen LogP contribution in [-0.4, -0.2) is 19.6 Å². The Balaban J connectivity index is 2.06. The number of nitrogens with zero attached hydrogens (tertiary/aromatic N) is 1. The van der Waals surface area contributed by atoms with Gasteiger partial charge in [0.15, 0.2) is 29.7 Å². The van der Waals surface area contributed by atoms with Gasteiger partial charge in [-0.25, -0.2) is 8.78 Å². The van der Waals surface area contributed by atoms with Crippen molar-refractivity contribution in [1.29, 1.82) is 5.26 Å². The van der Waals surface area contributed by atoms with E-state index in [0.29, 0.717) is 17.1 Å². The molecule has 0 atom stereocenters. The Morgan fingerprint density at radius 3 is 2.68 bits per heavy atom. The SMILES string of the molecule is COc1cc(C=CC(=O)Nc2ccc(F)c(F)c2)ccc1OCC#N. The summed E-state index contributed by atoms with van der Waals surface area (Å²) in [7, 11) is 1.46. The molecule has 0 spiro atoms. The van der Waals surface area contributed by atoms with E-state index in [0.717, 1.165) is 12.1 Å². The number of carbonyl (C=O) groups excluding carboxylic acids is 1. The third kappa shape index (κ3) is 5.04. The van der Waals surface area contributed by atoms with Crippen LogP contribution in [0, 0.1) is 23.0 Å². The van der Waals surface area contributed by atoms with Gasteiger partial charge in [-0.2, -0.15) is 5.26 Å². The van der Waals surface area contributed by atoms with Crippen LogP contribution in [0.2, 0.25) is 0 Å². The van der Waals surface area contributed by atoms with Gasteiger partial charge in [0.05, 0.1) is 7.11 Å². The van der Waals surface area contributed by atoms with Gasteiger partial charge in [0.2, 0.25) is 5.91 Å². The number of methoxy groups -OCH3 is 1.